The van der Waals surface area contributed by atoms with E-state index in [-0.39, 0.29) is 66.2 Å². The van der Waals surface area contributed by atoms with E-state index in [2.05, 4.69) is 6.58 Å². The highest BCUT2D eigenvalue weighted by atomic mass is 16.7. The molecule has 0 spiro atoms. The lowest BCUT2D eigenvalue weighted by Gasteiger charge is -2.48. The van der Waals surface area contributed by atoms with Gasteiger partial charge in [-0.15, -0.1) is 0 Å². The molecule has 0 radical (unpaired) electrons. The van der Waals surface area contributed by atoms with Crippen LogP contribution in [0.3, 0.4) is 0 Å². The number of ether oxygens (including phenoxy) is 7. The van der Waals surface area contributed by atoms with Crippen molar-refractivity contribution in [2.75, 3.05) is 19.8 Å². The first-order chi connectivity index (χ1) is 24.1. The van der Waals surface area contributed by atoms with Crippen molar-refractivity contribution in [2.45, 2.75) is 94.3 Å². The van der Waals surface area contributed by atoms with Crippen molar-refractivity contribution in [1.29, 1.82) is 0 Å². The smallest absolute Gasteiger partial charge is 0.329 e. The molecule has 15 heteroatoms. The van der Waals surface area contributed by atoms with Gasteiger partial charge in [0.05, 0.1) is 25.2 Å². The van der Waals surface area contributed by atoms with Crippen LogP contribution in [0, 0.1) is 0 Å². The fraction of sp³-hybridized carbons (Fsp3) is 0.500. The third kappa shape index (κ3) is 7.84. The lowest BCUT2D eigenvalue weighted by molar-refractivity contribution is -0.348. The van der Waals surface area contributed by atoms with E-state index in [1.165, 1.54) is 24.3 Å². The van der Waals surface area contributed by atoms with E-state index >= 15 is 0 Å². The lowest BCUT2D eigenvalue weighted by Crippen LogP contribution is -2.58. The third-order valence-corrected chi connectivity index (χ3v) is 9.24. The molecule has 6 N–H and O–H groups in total. The van der Waals surface area contributed by atoms with E-state index in [1.807, 2.05) is 0 Å². The van der Waals surface area contributed by atoms with Gasteiger partial charge in [0.25, 0.3) is 0 Å². The van der Waals surface area contributed by atoms with Crippen LogP contribution in [0.25, 0.3) is 0 Å². The van der Waals surface area contributed by atoms with E-state index in [0.29, 0.717) is 16.7 Å². The maximum atomic E-state index is 13.3. The molecule has 2 aromatic carbocycles. The number of carboxylic acid groups (broad SMARTS) is 1. The number of hydrogen-bond donors (Lipinski definition) is 6. The zero-order chi connectivity index (χ0) is 36.8. The first-order valence-corrected chi connectivity index (χ1v) is 16.5. The molecule has 0 aliphatic carbocycles. The molecule has 5 unspecified atom stereocenters. The van der Waals surface area contributed by atoms with Crippen molar-refractivity contribution in [3.63, 3.8) is 0 Å². The second-order valence-corrected chi connectivity index (χ2v) is 13.5. The molecule has 9 atom stereocenters. The van der Waals surface area contributed by atoms with Crippen molar-refractivity contribution in [1.82, 2.24) is 0 Å². The molecule has 6 rings (SSSR count). The average molecular weight is 715 g/mol. The average Bonchev–Trinajstić information content (AvgIpc) is 3.07. The summed E-state index contributed by atoms with van der Waals surface area (Å²) in [5.41, 5.74) is 1.23. The number of aromatic hydroxyl groups is 2. The molecule has 2 aromatic rings. The standard InChI is InChI=1S/C36H42O15/c1-16(7-27-33(43)34(44)32(42)17(2)48-27)13-45-19-9-22(38)31-23(39)11-24(49-26(31)10-19)18-5-6-21(37)20(8-18)25-12-28(46-15-30(40)41)35-29(50-25)14-47-36(3,4)51-35/h5-10,17,24-25,28-29,32-35,37-38,42-44H,1,11-15H2,2-4H3,(H,40,41)/b27-7+/t17-,24?,25?,28+,29?,32+,33?,34+,35?/m0/s1. The van der Waals surface area contributed by atoms with Crippen LogP contribution in [0.1, 0.15) is 67.3 Å². The summed E-state index contributed by atoms with van der Waals surface area (Å²) in [4.78, 5) is 24.6. The van der Waals surface area contributed by atoms with E-state index in [4.69, 9.17) is 33.2 Å². The molecule has 0 bridgehead atoms. The summed E-state index contributed by atoms with van der Waals surface area (Å²) in [5.74, 6) is -2.66. The Morgan fingerprint density at radius 1 is 1.04 bits per heavy atom. The quantitative estimate of drug-likeness (QED) is 0.220. The van der Waals surface area contributed by atoms with Crippen LogP contribution in [0.5, 0.6) is 23.0 Å². The van der Waals surface area contributed by atoms with Crippen molar-refractivity contribution < 1.29 is 73.4 Å². The van der Waals surface area contributed by atoms with Crippen LogP contribution in [0.2, 0.25) is 0 Å². The van der Waals surface area contributed by atoms with Crippen molar-refractivity contribution in [3.05, 3.63) is 71.0 Å². The number of carbonyl (C=O) groups excluding carboxylic acids is 1. The van der Waals surface area contributed by atoms with Crippen LogP contribution in [-0.2, 0) is 28.5 Å². The number of aliphatic hydroxyl groups excluding tert-OH is 3. The highest BCUT2D eigenvalue weighted by Crippen LogP contribution is 2.45. The molecule has 4 heterocycles. The van der Waals surface area contributed by atoms with E-state index in [9.17, 15) is 40.2 Å². The van der Waals surface area contributed by atoms with Gasteiger partial charge in [-0.1, -0.05) is 12.6 Å². The van der Waals surface area contributed by atoms with Gasteiger partial charge in [-0.05, 0) is 50.1 Å². The molecule has 3 saturated heterocycles. The van der Waals surface area contributed by atoms with Gasteiger partial charge < -0.3 is 63.8 Å². The number of aliphatic hydroxyl groups is 3. The number of benzene rings is 2. The molecule has 3 fully saturated rings. The Morgan fingerprint density at radius 3 is 2.55 bits per heavy atom. The number of hydrogen-bond acceptors (Lipinski definition) is 14. The number of ketones is 1. The molecule has 15 nitrogen and oxygen atoms in total. The first-order valence-electron chi connectivity index (χ1n) is 16.5. The predicted molar refractivity (Wildman–Crippen MR) is 174 cm³/mol. The Labute approximate surface area is 293 Å². The minimum absolute atomic E-state index is 0.0123. The minimum Gasteiger partial charge on any atom is -0.508 e. The van der Waals surface area contributed by atoms with E-state index < -0.39 is 73.3 Å². The number of carbonyl (C=O) groups is 2. The Hall–Kier alpha value is -4.22. The number of fused-ring (bicyclic) bond motifs is 2. The van der Waals surface area contributed by atoms with Gasteiger partial charge in [-0.25, -0.2) is 4.79 Å². The Bertz CT molecular complexity index is 1700. The summed E-state index contributed by atoms with van der Waals surface area (Å²) in [6.45, 7) is 8.39. The fourth-order valence-corrected chi connectivity index (χ4v) is 6.64. The highest BCUT2D eigenvalue weighted by Gasteiger charge is 2.48. The summed E-state index contributed by atoms with van der Waals surface area (Å²) < 4.78 is 41.3. The van der Waals surface area contributed by atoms with Gasteiger partial charge in [-0.3, -0.25) is 4.79 Å². The minimum atomic E-state index is -1.46. The topological polar surface area (TPSA) is 220 Å². The van der Waals surface area contributed by atoms with Gasteiger partial charge in [0.2, 0.25) is 0 Å². The number of phenols is 2. The van der Waals surface area contributed by atoms with E-state index in [1.54, 1.807) is 32.9 Å². The first kappa shape index (κ1) is 36.6. The number of aliphatic carboxylic acids is 1. The maximum Gasteiger partial charge on any atom is 0.329 e. The largest absolute Gasteiger partial charge is 0.508 e. The summed E-state index contributed by atoms with van der Waals surface area (Å²) in [5, 5.41) is 61.2. The van der Waals surface area contributed by atoms with Gasteiger partial charge in [0, 0.05) is 24.1 Å². The molecule has 0 amide bonds. The Morgan fingerprint density at radius 2 is 1.80 bits per heavy atom. The van der Waals surface area contributed by atoms with Crippen LogP contribution in [0.4, 0.5) is 0 Å². The van der Waals surface area contributed by atoms with Crippen LogP contribution in [0.15, 0.2) is 54.3 Å². The van der Waals surface area contributed by atoms with Crippen LogP contribution >= 0.6 is 0 Å². The zero-order valence-electron chi connectivity index (χ0n) is 28.3. The number of rotatable bonds is 9. The second-order valence-electron chi connectivity index (χ2n) is 13.5. The monoisotopic (exact) mass is 714 g/mol. The summed E-state index contributed by atoms with van der Waals surface area (Å²) in [7, 11) is 0. The van der Waals surface area contributed by atoms with Crippen molar-refractivity contribution in [3.8, 4) is 23.0 Å². The summed E-state index contributed by atoms with van der Waals surface area (Å²) in [6, 6.07) is 7.44. The Kier molecular flexibility index (Phi) is 10.3. The summed E-state index contributed by atoms with van der Waals surface area (Å²) in [6.07, 6.45) is -6.97. The predicted octanol–water partition coefficient (Wildman–Crippen LogP) is 2.58. The van der Waals surface area contributed by atoms with Crippen LogP contribution in [-0.4, -0.2) is 111 Å². The van der Waals surface area contributed by atoms with Crippen molar-refractivity contribution >= 4 is 11.8 Å². The van der Waals surface area contributed by atoms with Gasteiger partial charge in [-0.2, -0.15) is 0 Å². The van der Waals surface area contributed by atoms with Crippen LogP contribution < -0.4 is 9.47 Å². The second kappa shape index (κ2) is 14.4. The lowest BCUT2D eigenvalue weighted by atomic mass is 9.89. The summed E-state index contributed by atoms with van der Waals surface area (Å²) >= 11 is 0. The van der Waals surface area contributed by atoms with Gasteiger partial charge >= 0.3 is 5.97 Å². The molecule has 276 valence electrons. The van der Waals surface area contributed by atoms with E-state index in [0.717, 1.165) is 0 Å². The third-order valence-electron chi connectivity index (χ3n) is 9.24. The number of phenolic OH excluding ortho intramolecular Hbond substituents is 2. The zero-order valence-corrected chi connectivity index (χ0v) is 28.3. The van der Waals surface area contributed by atoms with Gasteiger partial charge in [0.1, 0.15) is 90.3 Å². The van der Waals surface area contributed by atoms with Gasteiger partial charge in [0.15, 0.2) is 11.6 Å². The number of carboxylic acids is 1. The Balaban J connectivity index is 1.18. The molecule has 4 aliphatic heterocycles. The highest BCUT2D eigenvalue weighted by molar-refractivity contribution is 6.02. The van der Waals surface area contributed by atoms with Crippen molar-refractivity contribution in [2.24, 2.45) is 0 Å². The number of Topliss-reactive ketones (excluding diaryl/α,β-unsaturated/α-hetero) is 1. The molecular formula is C36H42O15. The SMILES string of the molecule is C=C(/C=C1/O[C@@H](C)[C@@H](O)[C@@H](O)C1O)COc1cc(O)c2c(c1)OC(c1ccc(O)c(C3C[C@@H](OCC(=O)O)C4OC(C)(C)OCC4O3)c1)CC2=O. The molecule has 51 heavy (non-hydrogen) atoms. The fourth-order valence-electron chi connectivity index (χ4n) is 6.64. The molecule has 4 aliphatic rings. The molecule has 0 aromatic heterocycles. The molecule has 0 saturated carbocycles. The maximum absolute atomic E-state index is 13.3. The normalized spacial score (nSPS) is 32.2. The molecular weight excluding hydrogens is 672 g/mol.